The first kappa shape index (κ1) is 46.1. The molecule has 13 nitrogen and oxygen atoms in total. The Labute approximate surface area is 361 Å². The summed E-state index contributed by atoms with van der Waals surface area (Å²) in [4.78, 5) is 54.4. The maximum atomic E-state index is 16.5. The number of nitrogens with zero attached hydrogens (tertiary/aromatic N) is 6. The summed E-state index contributed by atoms with van der Waals surface area (Å²) in [5.74, 6) is -4.77. The molecule has 2 N–H and O–H groups in total. The number of pyridine rings is 1. The van der Waals surface area contributed by atoms with Crippen LogP contribution in [0.2, 0.25) is 30.7 Å². The fourth-order valence-corrected chi connectivity index (χ4v) is 9.13. The molecule has 2 amide bonds. The number of rotatable bonds is 14. The van der Waals surface area contributed by atoms with Crippen LogP contribution < -0.4 is 25.8 Å². The Morgan fingerprint density at radius 2 is 1.75 bits per heavy atom. The molecule has 5 heterocycles. The first-order valence-corrected chi connectivity index (χ1v) is 24.7. The number of carbonyl (C=O) groups excluding carboxylic acids is 2. The van der Waals surface area contributed by atoms with E-state index in [0.717, 1.165) is 32.8 Å². The number of hydrogen-bond donors (Lipinski definition) is 2. The van der Waals surface area contributed by atoms with Crippen LogP contribution in [0.15, 0.2) is 29.5 Å². The summed E-state index contributed by atoms with van der Waals surface area (Å²) < 4.78 is 61.8. The number of halogens is 4. The van der Waals surface area contributed by atoms with Crippen molar-refractivity contribution in [2.24, 2.45) is 18.4 Å². The van der Waals surface area contributed by atoms with Crippen molar-refractivity contribution in [1.82, 2.24) is 29.3 Å². The molecule has 0 radical (unpaired) electrons. The van der Waals surface area contributed by atoms with Gasteiger partial charge in [0.2, 0.25) is 17.7 Å². The Kier molecular flexibility index (Phi) is 13.4. The average Bonchev–Trinajstić information content (AvgIpc) is 3.48. The summed E-state index contributed by atoms with van der Waals surface area (Å²) in [6.45, 7) is 22.2. The molecule has 2 saturated heterocycles. The van der Waals surface area contributed by atoms with Crippen LogP contribution in [-0.2, 0) is 23.1 Å². The third-order valence-electron chi connectivity index (χ3n) is 10.9. The average molecular weight is 888 g/mol. The Morgan fingerprint density at radius 1 is 1.05 bits per heavy atom. The van der Waals surface area contributed by atoms with Crippen molar-refractivity contribution in [3.05, 3.63) is 63.2 Å². The predicted molar refractivity (Wildman–Crippen MR) is 235 cm³/mol. The summed E-state index contributed by atoms with van der Waals surface area (Å²) in [6.07, 6.45) is 3.12. The van der Waals surface area contributed by atoms with Crippen molar-refractivity contribution < 1.29 is 32.2 Å². The number of carbonyl (C=O) groups is 2. The molecule has 1 atom stereocenters. The Bertz CT molecular complexity index is 2370. The summed E-state index contributed by atoms with van der Waals surface area (Å²) in [5, 5.41) is 5.14. The van der Waals surface area contributed by atoms with Gasteiger partial charge in [0.1, 0.15) is 23.0 Å². The predicted octanol–water partition coefficient (Wildman–Crippen LogP) is 7.32. The van der Waals surface area contributed by atoms with Crippen LogP contribution in [0.3, 0.4) is 0 Å². The molecule has 6 rings (SSSR count). The molecule has 0 spiro atoms. The summed E-state index contributed by atoms with van der Waals surface area (Å²) in [6, 6.07) is 3.31. The molecule has 1 aromatic carbocycles. The zero-order valence-corrected chi connectivity index (χ0v) is 38.5. The van der Waals surface area contributed by atoms with E-state index in [2.05, 4.69) is 45.1 Å². The highest BCUT2D eigenvalue weighted by Gasteiger charge is 2.33. The minimum absolute atomic E-state index is 0.00585. The molecule has 0 bridgehead atoms. The number of anilines is 2. The second kappa shape index (κ2) is 17.7. The molecular formula is C43H58ClF3N8O5Si. The summed E-state index contributed by atoms with van der Waals surface area (Å²) >= 11 is 6.35. The maximum Gasteiger partial charge on any atom is 0.263 e. The number of amides is 2. The molecule has 18 heteroatoms. The van der Waals surface area contributed by atoms with Crippen LogP contribution in [0.25, 0.3) is 22.2 Å². The highest BCUT2D eigenvalue weighted by molar-refractivity contribution is 6.76. The highest BCUT2D eigenvalue weighted by atomic mass is 35.5. The zero-order chi connectivity index (χ0) is 44.8. The molecule has 4 aromatic rings. The normalized spacial score (nSPS) is 16.8. The van der Waals surface area contributed by atoms with E-state index in [1.165, 1.54) is 40.8 Å². The quantitative estimate of drug-likeness (QED) is 0.0987. The zero-order valence-electron chi connectivity index (χ0n) is 36.8. The van der Waals surface area contributed by atoms with Gasteiger partial charge >= 0.3 is 0 Å². The van der Waals surface area contributed by atoms with Crippen molar-refractivity contribution in [3.8, 4) is 16.9 Å². The lowest BCUT2D eigenvalue weighted by molar-refractivity contribution is -0.116. The van der Waals surface area contributed by atoms with Crippen LogP contribution in [0.5, 0.6) is 5.75 Å². The van der Waals surface area contributed by atoms with E-state index in [0.29, 0.717) is 30.7 Å². The van der Waals surface area contributed by atoms with Gasteiger partial charge in [0.05, 0.1) is 42.8 Å². The number of fused-ring (bicyclic) bond motifs is 1. The smallest absolute Gasteiger partial charge is 0.263 e. The first-order valence-electron chi connectivity index (χ1n) is 20.7. The lowest BCUT2D eigenvalue weighted by Gasteiger charge is -2.42. The summed E-state index contributed by atoms with van der Waals surface area (Å²) in [5.41, 5.74) is -2.30. The molecule has 0 saturated carbocycles. The molecule has 332 valence electrons. The van der Waals surface area contributed by atoms with Crippen molar-refractivity contribution in [2.75, 3.05) is 56.2 Å². The molecule has 61 heavy (non-hydrogen) atoms. The topological polar surface area (TPSA) is 136 Å². The Balaban J connectivity index is 1.34. The number of nitrogens with one attached hydrogen (secondary N) is 2. The lowest BCUT2D eigenvalue weighted by Crippen LogP contribution is -2.54. The van der Waals surface area contributed by atoms with Gasteiger partial charge in [0.25, 0.3) is 11.5 Å². The van der Waals surface area contributed by atoms with E-state index in [-0.39, 0.29) is 50.9 Å². The van der Waals surface area contributed by atoms with Crippen LogP contribution in [0, 0.1) is 28.9 Å². The molecule has 1 unspecified atom stereocenters. The lowest BCUT2D eigenvalue weighted by atomic mass is 9.81. The van der Waals surface area contributed by atoms with E-state index in [1.807, 2.05) is 46.4 Å². The monoisotopic (exact) mass is 886 g/mol. The fourth-order valence-electron chi connectivity index (χ4n) is 8.27. The van der Waals surface area contributed by atoms with Gasteiger partial charge in [0, 0.05) is 82.2 Å². The van der Waals surface area contributed by atoms with Crippen LogP contribution in [0.1, 0.15) is 58.3 Å². The largest absolute Gasteiger partial charge is 0.490 e. The first-order chi connectivity index (χ1) is 28.4. The van der Waals surface area contributed by atoms with E-state index in [9.17, 15) is 14.4 Å². The van der Waals surface area contributed by atoms with E-state index in [1.54, 1.807) is 0 Å². The van der Waals surface area contributed by atoms with Crippen molar-refractivity contribution in [2.45, 2.75) is 91.8 Å². The van der Waals surface area contributed by atoms with Crippen LogP contribution in [-0.4, -0.2) is 101 Å². The highest BCUT2D eigenvalue weighted by Crippen LogP contribution is 2.38. The maximum absolute atomic E-state index is 16.5. The van der Waals surface area contributed by atoms with Gasteiger partial charge in [0.15, 0.2) is 11.6 Å². The number of aromatic nitrogens is 4. The van der Waals surface area contributed by atoms with Gasteiger partial charge in [-0.1, -0.05) is 52.0 Å². The third kappa shape index (κ3) is 10.8. The van der Waals surface area contributed by atoms with Crippen molar-refractivity contribution in [3.63, 3.8) is 0 Å². The van der Waals surface area contributed by atoms with Gasteiger partial charge in [-0.2, -0.15) is 8.78 Å². The standard InChI is InChI=1S/C43H58ClF3N8O5Si/c1-25-17-53(18-26-21-59-22-26)11-12-55(25)31-16-30(34(44)38(47)50-31)49-32(56)20-54-19-29(33-39(54)48-24-52(7)41(33)58)27-15-28(40(57)51-43(5,6)23-42(2,3)4)37(36(46)35(27)45)60-13-14-61(8,9)10/h15-16,19,24-26H,11-14,17-18,20-23H2,1-10H3,(H,51,57)(H,49,50,56). The van der Waals surface area contributed by atoms with E-state index in [4.69, 9.17) is 21.1 Å². The number of piperazine rings is 1. The van der Waals surface area contributed by atoms with Crippen molar-refractivity contribution in [1.29, 1.82) is 0 Å². The molecule has 3 aromatic heterocycles. The second-order valence-corrected chi connectivity index (χ2v) is 25.6. The van der Waals surface area contributed by atoms with Gasteiger partial charge in [-0.05, 0) is 44.7 Å². The number of hydrogen-bond acceptors (Lipinski definition) is 9. The van der Waals surface area contributed by atoms with Gasteiger partial charge < -0.3 is 34.1 Å². The minimum atomic E-state index is -1.68. The van der Waals surface area contributed by atoms with Gasteiger partial charge in [-0.3, -0.25) is 19.3 Å². The van der Waals surface area contributed by atoms with Gasteiger partial charge in [-0.25, -0.2) is 14.4 Å². The van der Waals surface area contributed by atoms with Crippen LogP contribution in [0.4, 0.5) is 24.7 Å². The summed E-state index contributed by atoms with van der Waals surface area (Å²) in [7, 11) is -0.226. The fraction of sp³-hybridized carbons (Fsp3) is 0.558. The molecule has 2 fully saturated rings. The Hall–Kier alpha value is -4.45. The SMILES string of the molecule is CC1CN(CC2COC2)CCN1c1cc(NC(=O)Cn2cc(-c3cc(C(=O)NC(C)(C)CC(C)(C)C)c(OCC[Si](C)(C)C)c(F)c3F)c3c(=O)n(C)cnc32)c(Cl)c(F)n1. The van der Waals surface area contributed by atoms with E-state index < -0.39 is 66.4 Å². The van der Waals surface area contributed by atoms with Crippen LogP contribution >= 0.6 is 11.6 Å². The molecule has 0 aliphatic carbocycles. The Morgan fingerprint density at radius 3 is 2.38 bits per heavy atom. The number of aryl methyl sites for hydroxylation is 1. The molecule has 2 aliphatic heterocycles. The molecular weight excluding hydrogens is 829 g/mol. The third-order valence-corrected chi connectivity index (χ3v) is 12.9. The van der Waals surface area contributed by atoms with Crippen molar-refractivity contribution >= 4 is 54.0 Å². The second-order valence-electron chi connectivity index (χ2n) is 19.6. The number of ether oxygens (including phenoxy) is 2. The molecule has 2 aliphatic rings. The number of benzene rings is 1. The van der Waals surface area contributed by atoms with E-state index >= 15 is 13.2 Å². The minimum Gasteiger partial charge on any atom is -0.490 e. The van der Waals surface area contributed by atoms with Gasteiger partial charge in [-0.15, -0.1) is 0 Å².